The summed E-state index contributed by atoms with van der Waals surface area (Å²) in [5.41, 5.74) is 0. The number of rotatable bonds is 4. The van der Waals surface area contributed by atoms with Gasteiger partial charge in [0.1, 0.15) is 6.10 Å². The van der Waals surface area contributed by atoms with Gasteiger partial charge in [0.25, 0.3) is 0 Å². The zero-order chi connectivity index (χ0) is 9.98. The second kappa shape index (κ2) is 10.8. The van der Waals surface area contributed by atoms with Crippen LogP contribution in [0.5, 0.6) is 0 Å². The van der Waals surface area contributed by atoms with Crippen molar-refractivity contribution in [3.05, 3.63) is 0 Å². The van der Waals surface area contributed by atoms with Crippen molar-refractivity contribution in [2.45, 2.75) is 26.2 Å². The molecule has 1 unspecified atom stereocenters. The van der Waals surface area contributed by atoms with Gasteiger partial charge in [-0.25, -0.2) is 0 Å². The summed E-state index contributed by atoms with van der Waals surface area (Å²) in [6.45, 7) is 3.28. The van der Waals surface area contributed by atoms with Gasteiger partial charge in [0, 0.05) is 6.61 Å². The third-order valence-corrected chi connectivity index (χ3v) is 0.829. The minimum atomic E-state index is -0.954. The molecule has 0 amide bonds. The van der Waals surface area contributed by atoms with Gasteiger partial charge in [0.05, 0.1) is 13.2 Å². The van der Waals surface area contributed by atoms with Crippen molar-refractivity contribution in [1.29, 1.82) is 0 Å². The van der Waals surface area contributed by atoms with Crippen molar-refractivity contribution in [1.82, 2.24) is 0 Å². The summed E-state index contributed by atoms with van der Waals surface area (Å²) in [6.07, 6.45) is -1.56. The summed E-state index contributed by atoms with van der Waals surface area (Å²) in [7, 11) is 0. The highest BCUT2D eigenvalue weighted by molar-refractivity contribution is 4.43. The van der Waals surface area contributed by atoms with E-state index in [1.54, 1.807) is 6.92 Å². The van der Waals surface area contributed by atoms with Crippen LogP contribution in [0.3, 0.4) is 0 Å². The molecule has 0 saturated carbocycles. The summed E-state index contributed by atoms with van der Waals surface area (Å²) < 4.78 is 4.60. The van der Waals surface area contributed by atoms with E-state index in [1.807, 2.05) is 6.92 Å². The molecule has 0 aromatic heterocycles. The van der Waals surface area contributed by atoms with Crippen molar-refractivity contribution in [2.24, 2.45) is 0 Å². The van der Waals surface area contributed by atoms with E-state index in [-0.39, 0.29) is 13.2 Å². The molecule has 0 radical (unpaired) electrons. The molecule has 0 fully saturated rings. The van der Waals surface area contributed by atoms with E-state index in [0.717, 1.165) is 0 Å². The standard InChI is InChI=1S/C4H10O2.C3H8O3/c1-3-6-4(2)5;4-1-3(6)2-5/h4-5H,3H2,1-2H3;3-6H,1-2H2. The SMILES string of the molecule is CCOC(C)O.OCC(O)CO. The Hall–Kier alpha value is -0.200. The fourth-order valence-electron chi connectivity index (χ4n) is 0.299. The van der Waals surface area contributed by atoms with Crippen LogP contribution in [-0.2, 0) is 4.74 Å². The number of aliphatic hydroxyl groups excluding tert-OH is 4. The zero-order valence-corrected chi connectivity index (χ0v) is 7.47. The lowest BCUT2D eigenvalue weighted by atomic mass is 10.4. The molecule has 0 aliphatic rings. The molecule has 0 aliphatic carbocycles. The number of ether oxygens (including phenoxy) is 1. The maximum Gasteiger partial charge on any atom is 0.151 e. The molecule has 5 heteroatoms. The average molecular weight is 182 g/mol. The van der Waals surface area contributed by atoms with Gasteiger partial charge in [-0.15, -0.1) is 0 Å². The average Bonchev–Trinajstić information content (AvgIpc) is 2.04. The number of hydrogen-bond donors (Lipinski definition) is 4. The molecule has 0 spiro atoms. The molecule has 0 aromatic rings. The first-order chi connectivity index (χ1) is 5.58. The minimum Gasteiger partial charge on any atom is -0.394 e. The molecule has 0 aliphatic heterocycles. The number of hydrogen-bond acceptors (Lipinski definition) is 5. The summed E-state index contributed by atoms with van der Waals surface area (Å²) in [6, 6.07) is 0. The normalized spacial score (nSPS) is 12.2. The second-order valence-corrected chi connectivity index (χ2v) is 2.07. The lowest BCUT2D eigenvalue weighted by molar-refractivity contribution is -0.0800. The van der Waals surface area contributed by atoms with Gasteiger partial charge in [0.2, 0.25) is 0 Å². The van der Waals surface area contributed by atoms with Crippen LogP contribution in [0.4, 0.5) is 0 Å². The monoisotopic (exact) mass is 182 g/mol. The molecule has 0 bridgehead atoms. The van der Waals surface area contributed by atoms with E-state index < -0.39 is 12.4 Å². The van der Waals surface area contributed by atoms with Crippen LogP contribution in [0.15, 0.2) is 0 Å². The lowest BCUT2D eigenvalue weighted by Crippen LogP contribution is -2.15. The van der Waals surface area contributed by atoms with E-state index in [0.29, 0.717) is 6.61 Å². The van der Waals surface area contributed by atoms with Gasteiger partial charge in [-0.05, 0) is 13.8 Å². The Morgan fingerprint density at radius 1 is 1.17 bits per heavy atom. The van der Waals surface area contributed by atoms with Gasteiger partial charge in [0.15, 0.2) is 6.29 Å². The predicted molar refractivity (Wildman–Crippen MR) is 43.5 cm³/mol. The summed E-state index contributed by atoms with van der Waals surface area (Å²) in [4.78, 5) is 0. The van der Waals surface area contributed by atoms with E-state index in [1.165, 1.54) is 0 Å². The number of aliphatic hydroxyl groups is 4. The molecular weight excluding hydrogens is 164 g/mol. The Labute approximate surface area is 72.2 Å². The van der Waals surface area contributed by atoms with Crippen LogP contribution in [0.1, 0.15) is 13.8 Å². The molecule has 5 nitrogen and oxygen atoms in total. The van der Waals surface area contributed by atoms with Gasteiger partial charge in [-0.2, -0.15) is 0 Å². The van der Waals surface area contributed by atoms with Gasteiger partial charge >= 0.3 is 0 Å². The maximum atomic E-state index is 8.33. The Bertz CT molecular complexity index is 72.2. The third-order valence-electron chi connectivity index (χ3n) is 0.829. The summed E-state index contributed by atoms with van der Waals surface area (Å²) >= 11 is 0. The predicted octanol–water partition coefficient (Wildman–Crippen LogP) is -1.31. The maximum absolute atomic E-state index is 8.33. The smallest absolute Gasteiger partial charge is 0.151 e. The highest BCUT2D eigenvalue weighted by Gasteiger charge is 1.93. The Balaban J connectivity index is 0. The molecule has 4 N–H and O–H groups in total. The minimum absolute atomic E-state index is 0.365. The fourth-order valence-corrected chi connectivity index (χ4v) is 0.299. The van der Waals surface area contributed by atoms with Crippen molar-refractivity contribution in [3.63, 3.8) is 0 Å². The third kappa shape index (κ3) is 16.4. The molecule has 0 rings (SSSR count). The van der Waals surface area contributed by atoms with Crippen LogP contribution >= 0.6 is 0 Å². The van der Waals surface area contributed by atoms with Crippen LogP contribution in [0.2, 0.25) is 0 Å². The molecular formula is C7H18O5. The first kappa shape index (κ1) is 14.3. The van der Waals surface area contributed by atoms with Gasteiger partial charge in [-0.3, -0.25) is 0 Å². The molecule has 0 aromatic carbocycles. The van der Waals surface area contributed by atoms with E-state index in [2.05, 4.69) is 4.74 Å². The Kier molecular flexibility index (Phi) is 12.9. The van der Waals surface area contributed by atoms with Gasteiger partial charge in [-0.1, -0.05) is 0 Å². The Morgan fingerprint density at radius 3 is 1.58 bits per heavy atom. The van der Waals surface area contributed by atoms with Gasteiger partial charge < -0.3 is 25.2 Å². The topological polar surface area (TPSA) is 90.2 Å². The van der Waals surface area contributed by atoms with Crippen molar-refractivity contribution in [3.8, 4) is 0 Å². The fraction of sp³-hybridized carbons (Fsp3) is 1.00. The largest absolute Gasteiger partial charge is 0.394 e. The van der Waals surface area contributed by atoms with Crippen LogP contribution in [0.25, 0.3) is 0 Å². The molecule has 0 saturated heterocycles. The van der Waals surface area contributed by atoms with Crippen LogP contribution in [0, 0.1) is 0 Å². The molecule has 1 atom stereocenters. The highest BCUT2D eigenvalue weighted by atomic mass is 16.6. The first-order valence-corrected chi connectivity index (χ1v) is 3.77. The molecule has 12 heavy (non-hydrogen) atoms. The first-order valence-electron chi connectivity index (χ1n) is 3.77. The Morgan fingerprint density at radius 2 is 1.58 bits per heavy atom. The van der Waals surface area contributed by atoms with Crippen molar-refractivity contribution in [2.75, 3.05) is 19.8 Å². The summed E-state index contributed by atoms with van der Waals surface area (Å²) in [5, 5.41) is 32.3. The summed E-state index contributed by atoms with van der Waals surface area (Å²) in [5.74, 6) is 0. The quantitative estimate of drug-likeness (QED) is 0.405. The van der Waals surface area contributed by atoms with Crippen LogP contribution in [-0.4, -0.2) is 52.6 Å². The molecule has 0 heterocycles. The lowest BCUT2D eigenvalue weighted by Gasteiger charge is -1.99. The highest BCUT2D eigenvalue weighted by Crippen LogP contribution is 1.78. The van der Waals surface area contributed by atoms with E-state index >= 15 is 0 Å². The second-order valence-electron chi connectivity index (χ2n) is 2.07. The van der Waals surface area contributed by atoms with E-state index in [4.69, 9.17) is 20.4 Å². The molecule has 76 valence electrons. The van der Waals surface area contributed by atoms with Crippen molar-refractivity contribution < 1.29 is 25.2 Å². The van der Waals surface area contributed by atoms with Crippen LogP contribution < -0.4 is 0 Å². The van der Waals surface area contributed by atoms with E-state index in [9.17, 15) is 0 Å². The zero-order valence-electron chi connectivity index (χ0n) is 7.47. The van der Waals surface area contributed by atoms with Crippen molar-refractivity contribution >= 4 is 0 Å².